The van der Waals surface area contributed by atoms with Gasteiger partial charge in [-0.05, 0) is 57.2 Å². The molecule has 0 aliphatic carbocycles. The van der Waals surface area contributed by atoms with E-state index in [0.717, 1.165) is 11.3 Å². The van der Waals surface area contributed by atoms with Gasteiger partial charge in [0.15, 0.2) is 0 Å². The van der Waals surface area contributed by atoms with Crippen molar-refractivity contribution in [3.63, 3.8) is 0 Å². The van der Waals surface area contributed by atoms with Crippen LogP contribution in [0.3, 0.4) is 0 Å². The fourth-order valence-corrected chi connectivity index (χ4v) is 3.68. The molecule has 0 radical (unpaired) electrons. The summed E-state index contributed by atoms with van der Waals surface area (Å²) >= 11 is 0. The van der Waals surface area contributed by atoms with Gasteiger partial charge in [0.1, 0.15) is 23.0 Å². The lowest BCUT2D eigenvalue weighted by molar-refractivity contribution is 0.102. The van der Waals surface area contributed by atoms with Gasteiger partial charge in [-0.2, -0.15) is 0 Å². The average molecular weight is 440 g/mol. The number of nitrogens with zero attached hydrogens (tertiary/aromatic N) is 3. The highest BCUT2D eigenvalue weighted by Crippen LogP contribution is 2.31. The molecule has 8 heteroatoms. The fourth-order valence-electron chi connectivity index (χ4n) is 3.68. The monoisotopic (exact) mass is 440 g/mol. The van der Waals surface area contributed by atoms with E-state index in [1.54, 1.807) is 49.6 Å². The first-order valence-corrected chi connectivity index (χ1v) is 10.3. The largest absolute Gasteiger partial charge is 0.466 e. The topological polar surface area (TPSA) is 103 Å². The third-order valence-electron chi connectivity index (χ3n) is 5.16. The normalized spacial score (nSPS) is 11.0. The van der Waals surface area contributed by atoms with Gasteiger partial charge in [-0.1, -0.05) is 11.2 Å². The average Bonchev–Trinajstić information content (AvgIpc) is 3.35. The predicted molar refractivity (Wildman–Crippen MR) is 122 cm³/mol. The summed E-state index contributed by atoms with van der Waals surface area (Å²) in [5.74, 6) is 2.40. The van der Waals surface area contributed by atoms with Gasteiger partial charge in [-0.15, -0.1) is 0 Å². The lowest BCUT2D eigenvalue weighted by Crippen LogP contribution is -2.13. The molecule has 0 fully saturated rings. The predicted octanol–water partition coefficient (Wildman–Crippen LogP) is 5.85. The smallest absolute Gasteiger partial charge is 0.259 e. The molecule has 4 heterocycles. The molecule has 1 N–H and O–H groups in total. The molecule has 4 aromatic heterocycles. The number of ether oxygens (including phenoxy) is 1. The Morgan fingerprint density at radius 2 is 1.82 bits per heavy atom. The Bertz CT molecular complexity index is 1470. The molecular weight excluding hydrogens is 420 g/mol. The zero-order valence-electron chi connectivity index (χ0n) is 18.2. The quantitative estimate of drug-likeness (QED) is 0.366. The number of anilines is 1. The number of hydrogen-bond donors (Lipinski definition) is 1. The molecule has 0 aliphatic heterocycles. The summed E-state index contributed by atoms with van der Waals surface area (Å²) in [5.41, 5.74) is 3.25. The van der Waals surface area contributed by atoms with Crippen molar-refractivity contribution >= 4 is 22.7 Å². The lowest BCUT2D eigenvalue weighted by atomic mass is 10.1. The van der Waals surface area contributed by atoms with E-state index in [4.69, 9.17) is 13.7 Å². The van der Waals surface area contributed by atoms with Gasteiger partial charge < -0.3 is 19.0 Å². The summed E-state index contributed by atoms with van der Waals surface area (Å²) in [4.78, 5) is 21.9. The van der Waals surface area contributed by atoms with Crippen LogP contribution in [0.1, 0.15) is 27.6 Å². The van der Waals surface area contributed by atoms with Crippen LogP contribution in [0, 0.1) is 20.8 Å². The summed E-state index contributed by atoms with van der Waals surface area (Å²) < 4.78 is 16.9. The first-order valence-electron chi connectivity index (χ1n) is 10.3. The number of nitrogens with one attached hydrogen (secondary N) is 1. The molecule has 5 aromatic rings. The maximum atomic E-state index is 13.3. The number of furan rings is 1. The molecule has 164 valence electrons. The van der Waals surface area contributed by atoms with Crippen molar-refractivity contribution in [1.29, 1.82) is 0 Å². The van der Waals surface area contributed by atoms with E-state index in [0.29, 0.717) is 51.0 Å². The standard InChI is InChI=1S/C25H20N4O4/c1-14-11-20(16(3)31-14)22-13-21(23-15(2)29-33-25(23)28-22)24(30)27-17-5-4-6-19(12-17)32-18-7-9-26-10-8-18/h4-13H,1-3H3,(H,27,30). The van der Waals surface area contributed by atoms with Crippen molar-refractivity contribution in [2.75, 3.05) is 5.32 Å². The third-order valence-corrected chi connectivity index (χ3v) is 5.16. The molecule has 1 amide bonds. The van der Waals surface area contributed by atoms with E-state index in [1.807, 2.05) is 32.0 Å². The Labute approximate surface area is 189 Å². The zero-order chi connectivity index (χ0) is 22.9. The number of amides is 1. The highest BCUT2D eigenvalue weighted by Gasteiger charge is 2.21. The van der Waals surface area contributed by atoms with E-state index in [-0.39, 0.29) is 5.91 Å². The Kier molecular flexibility index (Phi) is 5.10. The number of fused-ring (bicyclic) bond motifs is 1. The van der Waals surface area contributed by atoms with E-state index in [2.05, 4.69) is 20.4 Å². The highest BCUT2D eigenvalue weighted by atomic mass is 16.5. The van der Waals surface area contributed by atoms with E-state index in [1.165, 1.54) is 0 Å². The Hall–Kier alpha value is -4.46. The molecule has 0 aliphatic rings. The van der Waals surface area contributed by atoms with Crippen LogP contribution < -0.4 is 10.1 Å². The van der Waals surface area contributed by atoms with Crippen LogP contribution in [-0.2, 0) is 0 Å². The van der Waals surface area contributed by atoms with Crippen LogP contribution in [0.25, 0.3) is 22.4 Å². The highest BCUT2D eigenvalue weighted by molar-refractivity contribution is 6.13. The van der Waals surface area contributed by atoms with E-state index >= 15 is 0 Å². The Morgan fingerprint density at radius 3 is 2.58 bits per heavy atom. The van der Waals surface area contributed by atoms with Crippen LogP contribution >= 0.6 is 0 Å². The molecule has 8 nitrogen and oxygen atoms in total. The van der Waals surface area contributed by atoms with Crippen LogP contribution in [-0.4, -0.2) is 21.0 Å². The van der Waals surface area contributed by atoms with Crippen molar-refractivity contribution < 1.29 is 18.5 Å². The number of carbonyl (C=O) groups is 1. The number of aryl methyl sites for hydroxylation is 3. The molecule has 1 aromatic carbocycles. The van der Waals surface area contributed by atoms with Crippen LogP contribution in [0.15, 0.2) is 69.9 Å². The molecule has 0 saturated carbocycles. The number of rotatable bonds is 5. The molecule has 0 spiro atoms. The van der Waals surface area contributed by atoms with Gasteiger partial charge in [0, 0.05) is 29.7 Å². The molecule has 0 saturated heterocycles. The second kappa shape index (κ2) is 8.23. The van der Waals surface area contributed by atoms with Gasteiger partial charge in [-0.25, -0.2) is 4.98 Å². The number of hydrogen-bond acceptors (Lipinski definition) is 7. The molecule has 5 rings (SSSR count). The number of pyridine rings is 2. The van der Waals surface area contributed by atoms with Gasteiger partial charge in [0.25, 0.3) is 11.6 Å². The van der Waals surface area contributed by atoms with Gasteiger partial charge in [-0.3, -0.25) is 9.78 Å². The van der Waals surface area contributed by atoms with Gasteiger partial charge >= 0.3 is 0 Å². The second-order valence-electron chi connectivity index (χ2n) is 7.60. The summed E-state index contributed by atoms with van der Waals surface area (Å²) in [7, 11) is 0. The summed E-state index contributed by atoms with van der Waals surface area (Å²) in [5, 5.41) is 7.51. The lowest BCUT2D eigenvalue weighted by Gasteiger charge is -2.10. The minimum Gasteiger partial charge on any atom is -0.466 e. The zero-order valence-corrected chi connectivity index (χ0v) is 18.2. The SMILES string of the molecule is Cc1cc(-c2cc(C(=O)Nc3cccc(Oc4ccncc4)c3)c3c(C)noc3n2)c(C)o1. The maximum absolute atomic E-state index is 13.3. The molecule has 33 heavy (non-hydrogen) atoms. The number of benzene rings is 1. The van der Waals surface area contributed by atoms with Crippen molar-refractivity contribution in [1.82, 2.24) is 15.1 Å². The van der Waals surface area contributed by atoms with Gasteiger partial charge in [0.05, 0.1) is 22.3 Å². The van der Waals surface area contributed by atoms with E-state index < -0.39 is 0 Å². The van der Waals surface area contributed by atoms with Crippen LogP contribution in [0.4, 0.5) is 5.69 Å². The van der Waals surface area contributed by atoms with Crippen molar-refractivity contribution in [3.05, 3.63) is 83.7 Å². The van der Waals surface area contributed by atoms with Crippen molar-refractivity contribution in [2.24, 2.45) is 0 Å². The van der Waals surface area contributed by atoms with Crippen LogP contribution in [0.2, 0.25) is 0 Å². The Morgan fingerprint density at radius 1 is 1.00 bits per heavy atom. The van der Waals surface area contributed by atoms with Crippen molar-refractivity contribution in [2.45, 2.75) is 20.8 Å². The van der Waals surface area contributed by atoms with Crippen LogP contribution in [0.5, 0.6) is 11.5 Å². The molecule has 0 bridgehead atoms. The second-order valence-corrected chi connectivity index (χ2v) is 7.60. The number of aromatic nitrogens is 3. The number of carbonyl (C=O) groups excluding carboxylic acids is 1. The summed E-state index contributed by atoms with van der Waals surface area (Å²) in [6.07, 6.45) is 3.30. The van der Waals surface area contributed by atoms with Gasteiger partial charge in [0.2, 0.25) is 0 Å². The van der Waals surface area contributed by atoms with Crippen molar-refractivity contribution in [3.8, 4) is 22.8 Å². The molecular formula is C25H20N4O4. The third kappa shape index (κ3) is 4.06. The Balaban J connectivity index is 1.49. The minimum absolute atomic E-state index is 0.295. The van der Waals surface area contributed by atoms with E-state index in [9.17, 15) is 4.79 Å². The summed E-state index contributed by atoms with van der Waals surface area (Å²) in [6, 6.07) is 14.3. The summed E-state index contributed by atoms with van der Waals surface area (Å²) in [6.45, 7) is 5.50. The first kappa shape index (κ1) is 20.4. The first-order chi connectivity index (χ1) is 16.0. The molecule has 0 unspecified atom stereocenters. The fraction of sp³-hybridized carbons (Fsp3) is 0.120. The maximum Gasteiger partial charge on any atom is 0.259 e. The minimum atomic E-state index is -0.311. The molecule has 0 atom stereocenters.